The Bertz CT molecular complexity index is 1490. The Morgan fingerprint density at radius 3 is 2.40 bits per heavy atom. The number of fused-ring (bicyclic) bond motifs is 1. The first-order chi connectivity index (χ1) is 17.1. The molecule has 0 aliphatic carbocycles. The SMILES string of the molecule is [B]c1cnn2c(NCCNC(=O)c3ccc(-c4ccccc4)cc3)cc(-c3ccccc3Cl)nc12. The number of carbonyl (C=O) groups excluding carboxylic acids is 1. The Morgan fingerprint density at radius 2 is 1.63 bits per heavy atom. The standard InChI is InChI=1S/C27H21BClN5O/c28-22-17-32-34-25(16-24(33-26(22)34)21-8-4-5-9-23(21)29)30-14-15-31-27(35)20-12-10-19(11-13-20)18-6-2-1-3-7-18/h1-13,16-17,30H,14-15H2,(H,31,35). The van der Waals surface area contributed by atoms with Gasteiger partial charge in [-0.3, -0.25) is 4.79 Å². The molecule has 0 fully saturated rings. The molecule has 0 saturated heterocycles. The van der Waals surface area contributed by atoms with E-state index in [1.807, 2.05) is 84.9 Å². The van der Waals surface area contributed by atoms with Gasteiger partial charge in [-0.05, 0) is 34.8 Å². The van der Waals surface area contributed by atoms with Gasteiger partial charge in [-0.1, -0.05) is 72.3 Å². The number of halogens is 1. The fourth-order valence-electron chi connectivity index (χ4n) is 3.83. The van der Waals surface area contributed by atoms with Crippen molar-refractivity contribution in [1.29, 1.82) is 0 Å². The smallest absolute Gasteiger partial charge is 0.251 e. The molecular weight excluding hydrogens is 457 g/mol. The monoisotopic (exact) mass is 477 g/mol. The quantitative estimate of drug-likeness (QED) is 0.270. The predicted octanol–water partition coefficient (Wildman–Crippen LogP) is 4.35. The second kappa shape index (κ2) is 10.0. The summed E-state index contributed by atoms with van der Waals surface area (Å²) in [6, 6.07) is 27.0. The molecule has 0 aliphatic heterocycles. The van der Waals surface area contributed by atoms with E-state index in [0.717, 1.165) is 16.7 Å². The zero-order chi connectivity index (χ0) is 24.2. The van der Waals surface area contributed by atoms with Crippen LogP contribution >= 0.6 is 11.6 Å². The van der Waals surface area contributed by atoms with Gasteiger partial charge in [0.1, 0.15) is 13.7 Å². The van der Waals surface area contributed by atoms with Gasteiger partial charge < -0.3 is 10.6 Å². The molecule has 35 heavy (non-hydrogen) atoms. The third-order valence-corrected chi connectivity index (χ3v) is 5.95. The molecule has 5 aromatic rings. The van der Waals surface area contributed by atoms with Gasteiger partial charge in [0.15, 0.2) is 5.65 Å². The average Bonchev–Trinajstić information content (AvgIpc) is 3.28. The van der Waals surface area contributed by atoms with Crippen LogP contribution < -0.4 is 16.1 Å². The molecule has 3 aromatic carbocycles. The lowest BCUT2D eigenvalue weighted by Crippen LogP contribution is -2.29. The lowest BCUT2D eigenvalue weighted by Gasteiger charge is -2.12. The summed E-state index contributed by atoms with van der Waals surface area (Å²) >= 11 is 6.38. The molecule has 2 N–H and O–H groups in total. The van der Waals surface area contributed by atoms with Crippen molar-refractivity contribution in [2.45, 2.75) is 0 Å². The van der Waals surface area contributed by atoms with Crippen LogP contribution in [0.15, 0.2) is 91.1 Å². The van der Waals surface area contributed by atoms with Crippen molar-refractivity contribution in [3.63, 3.8) is 0 Å². The highest BCUT2D eigenvalue weighted by Gasteiger charge is 2.12. The molecule has 170 valence electrons. The van der Waals surface area contributed by atoms with Crippen LogP contribution in [0, 0.1) is 0 Å². The van der Waals surface area contributed by atoms with E-state index in [2.05, 4.69) is 20.7 Å². The summed E-state index contributed by atoms with van der Waals surface area (Å²) in [7, 11) is 6.07. The molecule has 2 radical (unpaired) electrons. The molecule has 0 spiro atoms. The molecule has 8 heteroatoms. The van der Waals surface area contributed by atoms with E-state index in [-0.39, 0.29) is 5.91 Å². The largest absolute Gasteiger partial charge is 0.368 e. The van der Waals surface area contributed by atoms with Crippen LogP contribution in [0.1, 0.15) is 10.4 Å². The van der Waals surface area contributed by atoms with Gasteiger partial charge in [0.2, 0.25) is 0 Å². The number of aromatic nitrogens is 3. The molecule has 5 rings (SSSR count). The number of carbonyl (C=O) groups is 1. The van der Waals surface area contributed by atoms with E-state index in [1.54, 1.807) is 10.7 Å². The molecule has 0 bridgehead atoms. The summed E-state index contributed by atoms with van der Waals surface area (Å²) in [5, 5.41) is 11.2. The van der Waals surface area contributed by atoms with E-state index in [4.69, 9.17) is 19.4 Å². The van der Waals surface area contributed by atoms with Crippen LogP contribution in [0.4, 0.5) is 5.82 Å². The Hall–Kier alpha value is -4.10. The summed E-state index contributed by atoms with van der Waals surface area (Å²) in [5.41, 5.74) is 5.27. The van der Waals surface area contributed by atoms with E-state index in [0.29, 0.717) is 46.3 Å². The summed E-state index contributed by atoms with van der Waals surface area (Å²) < 4.78 is 1.64. The van der Waals surface area contributed by atoms with Gasteiger partial charge in [0.05, 0.1) is 5.69 Å². The fourth-order valence-corrected chi connectivity index (χ4v) is 4.06. The highest BCUT2D eigenvalue weighted by molar-refractivity contribution is 6.36. The van der Waals surface area contributed by atoms with E-state index in [9.17, 15) is 4.79 Å². The van der Waals surface area contributed by atoms with Crippen LogP contribution in [0.25, 0.3) is 28.0 Å². The van der Waals surface area contributed by atoms with E-state index >= 15 is 0 Å². The van der Waals surface area contributed by atoms with Crippen molar-refractivity contribution >= 4 is 42.3 Å². The number of rotatable bonds is 7. The molecule has 2 heterocycles. The van der Waals surface area contributed by atoms with Crippen LogP contribution in [-0.2, 0) is 0 Å². The van der Waals surface area contributed by atoms with Gasteiger partial charge in [0, 0.05) is 41.5 Å². The number of benzene rings is 3. The van der Waals surface area contributed by atoms with Crippen LogP contribution in [0.3, 0.4) is 0 Å². The van der Waals surface area contributed by atoms with Crippen LogP contribution in [0.5, 0.6) is 0 Å². The van der Waals surface area contributed by atoms with Crippen LogP contribution in [-0.4, -0.2) is 41.4 Å². The summed E-state index contributed by atoms with van der Waals surface area (Å²) in [6.07, 6.45) is 1.56. The first-order valence-corrected chi connectivity index (χ1v) is 11.5. The number of anilines is 1. The van der Waals surface area contributed by atoms with Crippen molar-refractivity contribution in [3.05, 3.63) is 102 Å². The maximum Gasteiger partial charge on any atom is 0.251 e. The van der Waals surface area contributed by atoms with Crippen molar-refractivity contribution in [2.75, 3.05) is 18.4 Å². The Kier molecular flexibility index (Phi) is 6.50. The Labute approximate surface area is 209 Å². The van der Waals surface area contributed by atoms with Crippen LogP contribution in [0.2, 0.25) is 5.02 Å². The number of nitrogens with zero attached hydrogens (tertiary/aromatic N) is 3. The first-order valence-electron chi connectivity index (χ1n) is 11.2. The van der Waals surface area contributed by atoms with Crippen molar-refractivity contribution in [2.24, 2.45) is 0 Å². The molecule has 2 aromatic heterocycles. The third kappa shape index (κ3) is 4.90. The number of hydrogen-bond acceptors (Lipinski definition) is 4. The van der Waals surface area contributed by atoms with Gasteiger partial charge in [-0.15, -0.1) is 0 Å². The minimum absolute atomic E-state index is 0.133. The van der Waals surface area contributed by atoms with Gasteiger partial charge >= 0.3 is 0 Å². The van der Waals surface area contributed by atoms with E-state index in [1.165, 1.54) is 0 Å². The van der Waals surface area contributed by atoms with Crippen molar-refractivity contribution in [1.82, 2.24) is 19.9 Å². The molecule has 0 aliphatic rings. The minimum Gasteiger partial charge on any atom is -0.368 e. The second-order valence-electron chi connectivity index (χ2n) is 7.97. The van der Waals surface area contributed by atoms with Gasteiger partial charge in [-0.2, -0.15) is 9.61 Å². The number of amides is 1. The fraction of sp³-hybridized carbons (Fsp3) is 0.0741. The zero-order valence-corrected chi connectivity index (χ0v) is 19.5. The highest BCUT2D eigenvalue weighted by atomic mass is 35.5. The van der Waals surface area contributed by atoms with E-state index < -0.39 is 0 Å². The Balaban J connectivity index is 1.25. The summed E-state index contributed by atoms with van der Waals surface area (Å²) in [4.78, 5) is 17.2. The molecule has 0 atom stereocenters. The minimum atomic E-state index is -0.133. The Morgan fingerprint density at radius 1 is 0.914 bits per heavy atom. The average molecular weight is 478 g/mol. The first kappa shape index (κ1) is 22.7. The third-order valence-electron chi connectivity index (χ3n) is 5.62. The lowest BCUT2D eigenvalue weighted by molar-refractivity contribution is 0.0955. The molecule has 0 saturated carbocycles. The normalized spacial score (nSPS) is 10.9. The number of hydrogen-bond donors (Lipinski definition) is 2. The van der Waals surface area contributed by atoms with Gasteiger partial charge in [0.25, 0.3) is 5.91 Å². The summed E-state index contributed by atoms with van der Waals surface area (Å²) in [6.45, 7) is 0.899. The topological polar surface area (TPSA) is 71.3 Å². The zero-order valence-electron chi connectivity index (χ0n) is 18.8. The molecule has 1 amide bonds. The lowest BCUT2D eigenvalue weighted by atomic mass is 10.0. The molecular formula is C27H21BClN5O. The number of nitrogens with one attached hydrogen (secondary N) is 2. The van der Waals surface area contributed by atoms with Crippen molar-refractivity contribution < 1.29 is 4.79 Å². The molecule has 0 unspecified atom stereocenters. The highest BCUT2D eigenvalue weighted by Crippen LogP contribution is 2.28. The molecule has 6 nitrogen and oxygen atoms in total. The van der Waals surface area contributed by atoms with Crippen molar-refractivity contribution in [3.8, 4) is 22.4 Å². The maximum absolute atomic E-state index is 12.6. The predicted molar refractivity (Wildman–Crippen MR) is 142 cm³/mol. The van der Waals surface area contributed by atoms with Gasteiger partial charge in [-0.25, -0.2) is 4.98 Å². The maximum atomic E-state index is 12.6. The summed E-state index contributed by atoms with van der Waals surface area (Å²) in [5.74, 6) is 0.564. The second-order valence-corrected chi connectivity index (χ2v) is 8.38.